The highest BCUT2D eigenvalue weighted by atomic mass is 16.5. The summed E-state index contributed by atoms with van der Waals surface area (Å²) in [5.74, 6) is 0.129. The lowest BCUT2D eigenvalue weighted by Crippen LogP contribution is -2.05. The highest BCUT2D eigenvalue weighted by Crippen LogP contribution is 2.09. The molecule has 0 aliphatic rings. The van der Waals surface area contributed by atoms with E-state index in [0.717, 1.165) is 25.7 Å². The lowest BCUT2D eigenvalue weighted by Gasteiger charge is -2.04. The zero-order valence-corrected chi connectivity index (χ0v) is 16.3. The Labute approximate surface area is 148 Å². The smallest absolute Gasteiger partial charge is 0.306 e. The second-order valence-electron chi connectivity index (χ2n) is 5.66. The number of allylic oxidation sites excluding steroid dienone is 4. The minimum Gasteiger partial charge on any atom is -0.469 e. The summed E-state index contributed by atoms with van der Waals surface area (Å²) in [6, 6.07) is 0. The third-order valence-electron chi connectivity index (χ3n) is 3.35. The molecule has 0 radical (unpaired) electrons. The summed E-state index contributed by atoms with van der Waals surface area (Å²) < 4.78 is 9.27. The first-order valence-electron chi connectivity index (χ1n) is 8.96. The van der Waals surface area contributed by atoms with Crippen LogP contribution in [0.2, 0.25) is 0 Å². The molecular weight excluding hydrogens is 304 g/mol. The number of carbonyl (C=O) groups is 2. The zero-order valence-electron chi connectivity index (χ0n) is 16.3. The number of methoxy groups -OCH3 is 2. The van der Waals surface area contributed by atoms with Crippen LogP contribution >= 0.6 is 0 Å². The van der Waals surface area contributed by atoms with E-state index < -0.39 is 0 Å². The number of unbranched alkanes of at least 4 members (excludes halogenated alkanes) is 3. The van der Waals surface area contributed by atoms with Crippen LogP contribution in [-0.2, 0) is 19.1 Å². The Balaban J connectivity index is 0. The predicted octanol–water partition coefficient (Wildman–Crippen LogP) is 5.08. The molecule has 0 saturated heterocycles. The first kappa shape index (κ1) is 24.7. The SMILES string of the molecule is CC.COC(=O)CC(C)/C=C/CCCC/C=C/C(C)CC(=O)OC. The van der Waals surface area contributed by atoms with Crippen LogP contribution in [-0.4, -0.2) is 26.2 Å². The van der Waals surface area contributed by atoms with Crippen molar-refractivity contribution in [3.63, 3.8) is 0 Å². The summed E-state index contributed by atoms with van der Waals surface area (Å²) in [5.41, 5.74) is 0. The number of ether oxygens (including phenoxy) is 2. The van der Waals surface area contributed by atoms with Crippen LogP contribution in [0.15, 0.2) is 24.3 Å². The molecule has 0 aliphatic heterocycles. The fourth-order valence-corrected chi connectivity index (χ4v) is 2.01. The van der Waals surface area contributed by atoms with Crippen molar-refractivity contribution in [2.45, 2.75) is 66.2 Å². The highest BCUT2D eigenvalue weighted by Gasteiger charge is 2.05. The minimum absolute atomic E-state index is 0.164. The average Bonchev–Trinajstić information content (AvgIpc) is 2.58. The van der Waals surface area contributed by atoms with Gasteiger partial charge in [-0.25, -0.2) is 0 Å². The van der Waals surface area contributed by atoms with E-state index in [1.54, 1.807) is 0 Å². The van der Waals surface area contributed by atoms with E-state index in [2.05, 4.69) is 33.8 Å². The standard InChI is InChI=1S/C18H30O4.C2H6/c1-15(13-17(19)21-3)11-9-7-5-6-8-10-12-16(2)14-18(20)22-4;1-2/h9-12,15-16H,5-8,13-14H2,1-4H3;1-2H3/b11-9+,12-10+;. The molecule has 0 bridgehead atoms. The van der Waals surface area contributed by atoms with Gasteiger partial charge in [0, 0.05) is 0 Å². The number of hydrogen-bond acceptors (Lipinski definition) is 4. The van der Waals surface area contributed by atoms with E-state index in [-0.39, 0.29) is 23.8 Å². The van der Waals surface area contributed by atoms with Crippen LogP contribution < -0.4 is 0 Å². The molecule has 4 nitrogen and oxygen atoms in total. The van der Waals surface area contributed by atoms with Gasteiger partial charge in [-0.1, -0.05) is 52.0 Å². The molecule has 140 valence electrons. The minimum atomic E-state index is -0.164. The van der Waals surface area contributed by atoms with Gasteiger partial charge in [0.1, 0.15) is 0 Å². The van der Waals surface area contributed by atoms with Crippen molar-refractivity contribution in [1.29, 1.82) is 0 Å². The van der Waals surface area contributed by atoms with Crippen molar-refractivity contribution < 1.29 is 19.1 Å². The fourth-order valence-electron chi connectivity index (χ4n) is 2.01. The van der Waals surface area contributed by atoms with E-state index in [1.165, 1.54) is 14.2 Å². The molecule has 0 rings (SSSR count). The highest BCUT2D eigenvalue weighted by molar-refractivity contribution is 5.69. The Morgan fingerprint density at radius 2 is 1.12 bits per heavy atom. The Bertz CT molecular complexity index is 336. The maximum Gasteiger partial charge on any atom is 0.306 e. The predicted molar refractivity (Wildman–Crippen MR) is 99.7 cm³/mol. The quantitative estimate of drug-likeness (QED) is 0.299. The van der Waals surface area contributed by atoms with Gasteiger partial charge in [-0.05, 0) is 37.5 Å². The van der Waals surface area contributed by atoms with Crippen molar-refractivity contribution in [1.82, 2.24) is 0 Å². The van der Waals surface area contributed by atoms with Gasteiger partial charge in [-0.15, -0.1) is 0 Å². The summed E-state index contributed by atoms with van der Waals surface area (Å²) in [7, 11) is 2.83. The van der Waals surface area contributed by atoms with Crippen molar-refractivity contribution in [3.8, 4) is 0 Å². The summed E-state index contributed by atoms with van der Waals surface area (Å²) >= 11 is 0. The van der Waals surface area contributed by atoms with Crippen molar-refractivity contribution in [3.05, 3.63) is 24.3 Å². The van der Waals surface area contributed by atoms with Crippen LogP contribution in [0.4, 0.5) is 0 Å². The summed E-state index contributed by atoms with van der Waals surface area (Å²) in [5, 5.41) is 0. The molecule has 2 unspecified atom stereocenters. The van der Waals surface area contributed by atoms with Gasteiger partial charge < -0.3 is 9.47 Å². The summed E-state index contributed by atoms with van der Waals surface area (Å²) in [6.07, 6.45) is 13.6. The van der Waals surface area contributed by atoms with Gasteiger partial charge in [0.2, 0.25) is 0 Å². The number of esters is 2. The topological polar surface area (TPSA) is 52.6 Å². The second-order valence-corrected chi connectivity index (χ2v) is 5.66. The van der Waals surface area contributed by atoms with Crippen LogP contribution in [0.3, 0.4) is 0 Å². The molecule has 0 fully saturated rings. The molecule has 0 aliphatic carbocycles. The molecule has 4 heteroatoms. The van der Waals surface area contributed by atoms with Gasteiger partial charge in [-0.3, -0.25) is 9.59 Å². The van der Waals surface area contributed by atoms with E-state index in [1.807, 2.05) is 27.7 Å². The second kappa shape index (κ2) is 17.8. The molecule has 24 heavy (non-hydrogen) atoms. The van der Waals surface area contributed by atoms with Gasteiger partial charge in [0.15, 0.2) is 0 Å². The molecule has 0 heterocycles. The first-order chi connectivity index (χ1) is 11.5. The van der Waals surface area contributed by atoms with Crippen LogP contribution in [0.1, 0.15) is 66.2 Å². The van der Waals surface area contributed by atoms with E-state index in [4.69, 9.17) is 0 Å². The Hall–Kier alpha value is -1.58. The lowest BCUT2D eigenvalue weighted by atomic mass is 10.1. The van der Waals surface area contributed by atoms with Gasteiger partial charge in [0.25, 0.3) is 0 Å². The maximum absolute atomic E-state index is 11.1. The van der Waals surface area contributed by atoms with Crippen molar-refractivity contribution in [2.24, 2.45) is 11.8 Å². The molecule has 2 atom stereocenters. The molecule has 0 aromatic rings. The fraction of sp³-hybridized carbons (Fsp3) is 0.700. The van der Waals surface area contributed by atoms with Gasteiger partial charge >= 0.3 is 11.9 Å². The number of hydrogen-bond donors (Lipinski definition) is 0. The monoisotopic (exact) mass is 340 g/mol. The van der Waals surface area contributed by atoms with E-state index >= 15 is 0 Å². The Morgan fingerprint density at radius 1 is 0.792 bits per heavy atom. The lowest BCUT2D eigenvalue weighted by molar-refractivity contribution is -0.142. The third kappa shape index (κ3) is 16.8. The Kier molecular flexibility index (Phi) is 18.3. The molecule has 0 aromatic carbocycles. The largest absolute Gasteiger partial charge is 0.469 e. The molecular formula is C20H36O4. The molecule has 0 spiro atoms. The third-order valence-corrected chi connectivity index (χ3v) is 3.35. The van der Waals surface area contributed by atoms with Crippen LogP contribution in [0, 0.1) is 11.8 Å². The van der Waals surface area contributed by atoms with Crippen LogP contribution in [0.25, 0.3) is 0 Å². The average molecular weight is 341 g/mol. The van der Waals surface area contributed by atoms with Crippen molar-refractivity contribution in [2.75, 3.05) is 14.2 Å². The van der Waals surface area contributed by atoms with Crippen LogP contribution in [0.5, 0.6) is 0 Å². The van der Waals surface area contributed by atoms with Gasteiger partial charge in [-0.2, -0.15) is 0 Å². The summed E-state index contributed by atoms with van der Waals surface area (Å²) in [4.78, 5) is 22.2. The molecule has 0 saturated carbocycles. The van der Waals surface area contributed by atoms with Gasteiger partial charge in [0.05, 0.1) is 27.1 Å². The number of rotatable bonds is 11. The van der Waals surface area contributed by atoms with E-state index in [0.29, 0.717) is 12.8 Å². The van der Waals surface area contributed by atoms with E-state index in [9.17, 15) is 9.59 Å². The first-order valence-corrected chi connectivity index (χ1v) is 8.96. The summed E-state index contributed by atoms with van der Waals surface area (Å²) in [6.45, 7) is 8.03. The zero-order chi connectivity index (χ0) is 18.8. The molecule has 0 N–H and O–H groups in total. The molecule has 0 amide bonds. The van der Waals surface area contributed by atoms with Crippen molar-refractivity contribution >= 4 is 11.9 Å². The normalized spacial score (nSPS) is 13.2. The molecule has 0 aromatic heterocycles. The number of carbonyl (C=O) groups excluding carboxylic acids is 2. The maximum atomic E-state index is 11.1. The Morgan fingerprint density at radius 3 is 1.42 bits per heavy atom.